The van der Waals surface area contributed by atoms with E-state index in [9.17, 15) is 19.2 Å². The number of hydrogen-bond donors (Lipinski definition) is 3. The van der Waals surface area contributed by atoms with E-state index < -0.39 is 17.9 Å². The number of aromatic amines is 1. The van der Waals surface area contributed by atoms with E-state index in [-0.39, 0.29) is 31.1 Å². The van der Waals surface area contributed by atoms with E-state index in [1.807, 2.05) is 30.5 Å². The summed E-state index contributed by atoms with van der Waals surface area (Å²) >= 11 is 0. The summed E-state index contributed by atoms with van der Waals surface area (Å²) in [7, 11) is 1.27. The van der Waals surface area contributed by atoms with E-state index in [0.717, 1.165) is 16.5 Å². The minimum absolute atomic E-state index is 0.128. The number of fused-ring (bicyclic) bond motifs is 1. The van der Waals surface area contributed by atoms with Crippen LogP contribution >= 0.6 is 0 Å². The zero-order valence-electron chi connectivity index (χ0n) is 17.4. The zero-order chi connectivity index (χ0) is 22.7. The fourth-order valence-electron chi connectivity index (χ4n) is 3.64. The van der Waals surface area contributed by atoms with E-state index in [1.54, 1.807) is 12.1 Å². The summed E-state index contributed by atoms with van der Waals surface area (Å²) in [6.07, 6.45) is 2.35. The van der Waals surface area contributed by atoms with Crippen LogP contribution in [0.25, 0.3) is 10.9 Å². The average Bonchev–Trinajstić information content (AvgIpc) is 3.22. The molecule has 0 bridgehead atoms. The second-order valence-corrected chi connectivity index (χ2v) is 7.42. The number of nitrogens with one attached hydrogen (secondary N) is 3. The molecule has 0 aliphatic carbocycles. The fourth-order valence-corrected chi connectivity index (χ4v) is 3.64. The molecule has 1 atom stereocenters. The monoisotopic (exact) mass is 434 g/mol. The Morgan fingerprint density at radius 2 is 1.84 bits per heavy atom. The first-order valence-corrected chi connectivity index (χ1v) is 10.1. The topological polar surface area (TPSA) is 121 Å². The molecule has 0 radical (unpaired) electrons. The zero-order valence-corrected chi connectivity index (χ0v) is 17.4. The number of carbonyl (C=O) groups is 4. The molecule has 1 aromatic heterocycles. The first kappa shape index (κ1) is 21.1. The van der Waals surface area contributed by atoms with Gasteiger partial charge in [-0.3, -0.25) is 19.8 Å². The highest BCUT2D eigenvalue weighted by molar-refractivity contribution is 6.02. The molecule has 2 aromatic carbocycles. The van der Waals surface area contributed by atoms with E-state index >= 15 is 0 Å². The van der Waals surface area contributed by atoms with Gasteiger partial charge in [-0.2, -0.15) is 0 Å². The molecule has 32 heavy (non-hydrogen) atoms. The second kappa shape index (κ2) is 8.93. The number of methoxy groups -OCH3 is 1. The van der Waals surface area contributed by atoms with Gasteiger partial charge in [-0.15, -0.1) is 0 Å². The lowest BCUT2D eigenvalue weighted by molar-refractivity contribution is -0.142. The number of anilines is 1. The van der Waals surface area contributed by atoms with Gasteiger partial charge in [0.2, 0.25) is 11.8 Å². The van der Waals surface area contributed by atoms with Gasteiger partial charge in [-0.1, -0.05) is 18.2 Å². The van der Waals surface area contributed by atoms with Crippen molar-refractivity contribution >= 4 is 40.3 Å². The third-order valence-corrected chi connectivity index (χ3v) is 5.33. The lowest BCUT2D eigenvalue weighted by Gasteiger charge is -2.27. The van der Waals surface area contributed by atoms with Gasteiger partial charge in [-0.25, -0.2) is 9.80 Å². The van der Waals surface area contributed by atoms with Crippen LogP contribution in [0.1, 0.15) is 28.8 Å². The van der Waals surface area contributed by atoms with Crippen LogP contribution in [0.3, 0.4) is 0 Å². The number of carbonyl (C=O) groups excluding carboxylic acids is 4. The Bertz CT molecular complexity index is 1180. The molecule has 9 heteroatoms. The minimum Gasteiger partial charge on any atom is -0.467 e. The molecule has 1 fully saturated rings. The van der Waals surface area contributed by atoms with E-state index in [0.29, 0.717) is 11.3 Å². The third kappa shape index (κ3) is 4.31. The summed E-state index contributed by atoms with van der Waals surface area (Å²) in [6.45, 7) is 0. The largest absolute Gasteiger partial charge is 0.467 e. The molecule has 0 saturated carbocycles. The van der Waals surface area contributed by atoms with Gasteiger partial charge in [0.15, 0.2) is 0 Å². The average molecular weight is 434 g/mol. The maximum absolute atomic E-state index is 12.8. The van der Waals surface area contributed by atoms with Crippen LogP contribution in [0.2, 0.25) is 0 Å². The van der Waals surface area contributed by atoms with Crippen molar-refractivity contribution in [3.05, 3.63) is 65.9 Å². The molecule has 0 spiro atoms. The van der Waals surface area contributed by atoms with Crippen molar-refractivity contribution in [3.8, 4) is 0 Å². The Hall–Kier alpha value is -4.14. The molecular formula is C23H22N4O5. The summed E-state index contributed by atoms with van der Waals surface area (Å²) in [5, 5.41) is 4.86. The van der Waals surface area contributed by atoms with Crippen molar-refractivity contribution in [3.63, 3.8) is 0 Å². The van der Waals surface area contributed by atoms with Crippen LogP contribution in [-0.4, -0.2) is 41.8 Å². The summed E-state index contributed by atoms with van der Waals surface area (Å²) in [4.78, 5) is 51.9. The van der Waals surface area contributed by atoms with Gasteiger partial charge in [0.25, 0.3) is 5.91 Å². The number of rotatable bonds is 6. The molecular weight excluding hydrogens is 412 g/mol. The number of ether oxygens (including phenoxy) is 1. The van der Waals surface area contributed by atoms with E-state index in [2.05, 4.69) is 15.7 Å². The van der Waals surface area contributed by atoms with E-state index in [1.165, 1.54) is 24.3 Å². The number of hydrogen-bond acceptors (Lipinski definition) is 5. The predicted molar refractivity (Wildman–Crippen MR) is 117 cm³/mol. The molecule has 1 saturated heterocycles. The first-order valence-electron chi connectivity index (χ1n) is 10.1. The maximum Gasteiger partial charge on any atom is 0.328 e. The maximum atomic E-state index is 12.8. The molecule has 164 valence electrons. The third-order valence-electron chi connectivity index (χ3n) is 5.33. The van der Waals surface area contributed by atoms with Crippen LogP contribution in [0, 0.1) is 0 Å². The van der Waals surface area contributed by atoms with Crippen LogP contribution in [0.4, 0.5) is 5.69 Å². The quantitative estimate of drug-likeness (QED) is 0.511. The Kier molecular flexibility index (Phi) is 5.89. The van der Waals surface area contributed by atoms with Gasteiger partial charge in [0.05, 0.1) is 12.8 Å². The number of benzene rings is 2. The summed E-state index contributed by atoms with van der Waals surface area (Å²) in [6, 6.07) is 13.0. The van der Waals surface area contributed by atoms with Gasteiger partial charge in [-0.05, 0) is 35.9 Å². The molecule has 9 nitrogen and oxygen atoms in total. The summed E-state index contributed by atoms with van der Waals surface area (Å²) in [5.74, 6) is -1.49. The Balaban J connectivity index is 1.49. The number of nitrogens with zero attached hydrogens (tertiary/aromatic N) is 1. The molecule has 3 aromatic rings. The van der Waals surface area contributed by atoms with Crippen LogP contribution < -0.4 is 15.8 Å². The van der Waals surface area contributed by atoms with Crippen molar-refractivity contribution in [2.45, 2.75) is 25.3 Å². The van der Waals surface area contributed by atoms with Crippen LogP contribution in [0.15, 0.2) is 54.7 Å². The normalized spacial score (nSPS) is 14.7. The lowest BCUT2D eigenvalue weighted by atomic mass is 10.0. The number of aromatic nitrogens is 1. The number of H-pyrrole nitrogens is 1. The minimum atomic E-state index is -0.880. The molecule has 0 unspecified atom stereocenters. The van der Waals surface area contributed by atoms with Crippen molar-refractivity contribution in [2.24, 2.45) is 0 Å². The highest BCUT2D eigenvalue weighted by Crippen LogP contribution is 2.20. The smallest absolute Gasteiger partial charge is 0.328 e. The number of esters is 1. The van der Waals surface area contributed by atoms with Gasteiger partial charge in [0.1, 0.15) is 6.04 Å². The van der Waals surface area contributed by atoms with Crippen molar-refractivity contribution < 1.29 is 23.9 Å². The molecule has 4 rings (SSSR count). The predicted octanol–water partition coefficient (Wildman–Crippen LogP) is 1.84. The highest BCUT2D eigenvalue weighted by atomic mass is 16.5. The molecule has 1 aliphatic heterocycles. The standard InChI is InChI=1S/C23H22N4O5/c1-32-23(31)19(12-15-13-24-18-5-3-2-4-17(15)18)25-22(30)14-6-8-16(9-7-14)27-21(29)11-10-20(28)26-27/h2-9,13,19,24H,10-12H2,1H3,(H,25,30)(H,26,28)/t19-/m1/s1. The Morgan fingerprint density at radius 1 is 1.09 bits per heavy atom. The summed E-state index contributed by atoms with van der Waals surface area (Å²) < 4.78 is 4.88. The number of para-hydroxylation sites is 1. The molecule has 2 heterocycles. The van der Waals surface area contributed by atoms with Crippen molar-refractivity contribution in [1.82, 2.24) is 15.7 Å². The number of hydrazine groups is 1. The Morgan fingerprint density at radius 3 is 2.59 bits per heavy atom. The Labute approximate surface area is 183 Å². The summed E-state index contributed by atoms with van der Waals surface area (Å²) in [5.41, 5.74) is 5.07. The van der Waals surface area contributed by atoms with Crippen LogP contribution in [-0.2, 0) is 25.5 Å². The molecule has 3 amide bonds. The van der Waals surface area contributed by atoms with E-state index in [4.69, 9.17) is 4.74 Å². The first-order chi connectivity index (χ1) is 15.5. The second-order valence-electron chi connectivity index (χ2n) is 7.42. The van der Waals surface area contributed by atoms with Crippen LogP contribution in [0.5, 0.6) is 0 Å². The SMILES string of the molecule is COC(=O)[C@@H](Cc1c[nH]c2ccccc12)NC(=O)c1ccc(N2NC(=O)CCC2=O)cc1. The fraction of sp³-hybridized carbons (Fsp3) is 0.217. The van der Waals surface area contributed by atoms with Crippen molar-refractivity contribution in [2.75, 3.05) is 12.1 Å². The molecule has 3 N–H and O–H groups in total. The van der Waals surface area contributed by atoms with Gasteiger partial charge < -0.3 is 15.0 Å². The highest BCUT2D eigenvalue weighted by Gasteiger charge is 2.26. The van der Waals surface area contributed by atoms with Gasteiger partial charge in [0, 0.05) is 41.9 Å². The lowest BCUT2D eigenvalue weighted by Crippen LogP contribution is -2.50. The van der Waals surface area contributed by atoms with Gasteiger partial charge >= 0.3 is 5.97 Å². The molecule has 1 aliphatic rings. The van der Waals surface area contributed by atoms with Crippen molar-refractivity contribution in [1.29, 1.82) is 0 Å². The number of amides is 3.